The molecule has 1 saturated heterocycles. The first kappa shape index (κ1) is 11.9. The third kappa shape index (κ3) is 3.22. The van der Waals surface area contributed by atoms with Crippen molar-refractivity contribution in [2.45, 2.75) is 39.8 Å². The summed E-state index contributed by atoms with van der Waals surface area (Å²) in [5.41, 5.74) is 0.438. The molecular weight excluding hydrogens is 222 g/mol. The van der Waals surface area contributed by atoms with Crippen LogP contribution in [0.5, 0.6) is 0 Å². The van der Waals surface area contributed by atoms with Crippen LogP contribution in [-0.2, 0) is 6.54 Å². The van der Waals surface area contributed by atoms with Crippen molar-refractivity contribution in [2.75, 3.05) is 11.5 Å². The van der Waals surface area contributed by atoms with Gasteiger partial charge in [-0.2, -0.15) is 16.7 Å². The number of hydrogen-bond acceptors (Lipinski definition) is 5. The van der Waals surface area contributed by atoms with Gasteiger partial charge in [-0.3, -0.25) is 0 Å². The van der Waals surface area contributed by atoms with Gasteiger partial charge in [0.05, 0.1) is 6.54 Å². The monoisotopic (exact) mass is 241 g/mol. The molecule has 0 amide bonds. The number of rotatable bonds is 3. The summed E-state index contributed by atoms with van der Waals surface area (Å²) in [6, 6.07) is 0.563. The average Bonchev–Trinajstić information content (AvgIpc) is 2.60. The van der Waals surface area contributed by atoms with Crippen LogP contribution in [0.1, 0.15) is 32.0 Å². The summed E-state index contributed by atoms with van der Waals surface area (Å²) in [6.07, 6.45) is 1.22. The van der Waals surface area contributed by atoms with Gasteiger partial charge in [0.25, 0.3) is 0 Å². The van der Waals surface area contributed by atoms with Crippen LogP contribution in [0.15, 0.2) is 4.52 Å². The third-order valence-electron chi connectivity index (χ3n) is 2.73. The number of thioether (sulfide) groups is 1. The number of aromatic nitrogens is 2. The molecule has 90 valence electrons. The first-order valence-corrected chi connectivity index (χ1v) is 6.81. The minimum atomic E-state index is 0.438. The molecule has 0 radical (unpaired) electrons. The van der Waals surface area contributed by atoms with Crippen LogP contribution < -0.4 is 5.32 Å². The smallest absolute Gasteiger partial charge is 0.223 e. The van der Waals surface area contributed by atoms with Crippen LogP contribution in [0.3, 0.4) is 0 Å². The molecule has 1 N–H and O–H groups in total. The van der Waals surface area contributed by atoms with Gasteiger partial charge in [-0.1, -0.05) is 19.0 Å². The molecule has 1 aromatic heterocycles. The van der Waals surface area contributed by atoms with Gasteiger partial charge >= 0.3 is 0 Å². The Bertz CT molecular complexity index is 351. The summed E-state index contributed by atoms with van der Waals surface area (Å²) in [6.45, 7) is 7.17. The standard InChI is InChI=1S/C11H19N3OS/c1-8-13-10(14-15-8)5-12-9-4-11(2,3)7-16-6-9/h9,12H,4-7H2,1-3H3. The molecule has 1 fully saturated rings. The Labute approximate surface area is 101 Å². The highest BCUT2D eigenvalue weighted by molar-refractivity contribution is 7.99. The van der Waals surface area contributed by atoms with Gasteiger partial charge in [-0.05, 0) is 17.6 Å². The summed E-state index contributed by atoms with van der Waals surface area (Å²) in [7, 11) is 0. The first-order valence-electron chi connectivity index (χ1n) is 5.65. The van der Waals surface area contributed by atoms with Crippen molar-refractivity contribution >= 4 is 11.8 Å². The van der Waals surface area contributed by atoms with Crippen molar-refractivity contribution in [1.29, 1.82) is 0 Å². The highest BCUT2D eigenvalue weighted by atomic mass is 32.2. The van der Waals surface area contributed by atoms with E-state index in [1.165, 1.54) is 17.9 Å². The van der Waals surface area contributed by atoms with Gasteiger partial charge in [0.2, 0.25) is 5.89 Å². The quantitative estimate of drug-likeness (QED) is 0.877. The lowest BCUT2D eigenvalue weighted by Gasteiger charge is -2.35. The zero-order chi connectivity index (χ0) is 11.6. The van der Waals surface area contributed by atoms with E-state index in [9.17, 15) is 0 Å². The van der Waals surface area contributed by atoms with Gasteiger partial charge in [-0.15, -0.1) is 0 Å². The van der Waals surface area contributed by atoms with Gasteiger partial charge < -0.3 is 9.84 Å². The molecule has 1 atom stereocenters. The van der Waals surface area contributed by atoms with E-state index in [1.807, 2.05) is 18.7 Å². The molecule has 0 saturated carbocycles. The molecule has 0 aliphatic carbocycles. The summed E-state index contributed by atoms with van der Waals surface area (Å²) in [5.74, 6) is 3.83. The lowest BCUT2D eigenvalue weighted by Crippen LogP contribution is -2.40. The van der Waals surface area contributed by atoms with Crippen molar-refractivity contribution in [3.63, 3.8) is 0 Å². The second kappa shape index (κ2) is 4.75. The fraction of sp³-hybridized carbons (Fsp3) is 0.818. The van der Waals surface area contributed by atoms with E-state index >= 15 is 0 Å². The predicted octanol–water partition coefficient (Wildman–Crippen LogP) is 2.00. The first-order chi connectivity index (χ1) is 7.55. The third-order valence-corrected chi connectivity index (χ3v) is 4.35. The van der Waals surface area contributed by atoms with E-state index in [2.05, 4.69) is 29.3 Å². The van der Waals surface area contributed by atoms with Crippen molar-refractivity contribution in [1.82, 2.24) is 15.5 Å². The van der Waals surface area contributed by atoms with Crippen LogP contribution in [0, 0.1) is 12.3 Å². The zero-order valence-corrected chi connectivity index (χ0v) is 10.9. The van der Waals surface area contributed by atoms with E-state index in [-0.39, 0.29) is 0 Å². The highest BCUT2D eigenvalue weighted by Crippen LogP contribution is 2.33. The van der Waals surface area contributed by atoms with Gasteiger partial charge in [0.15, 0.2) is 5.82 Å². The maximum atomic E-state index is 4.94. The lowest BCUT2D eigenvalue weighted by atomic mass is 9.88. The van der Waals surface area contributed by atoms with Crippen LogP contribution in [0.4, 0.5) is 0 Å². The van der Waals surface area contributed by atoms with E-state index in [1.54, 1.807) is 0 Å². The molecule has 1 unspecified atom stereocenters. The normalized spacial score (nSPS) is 24.6. The number of nitrogens with one attached hydrogen (secondary N) is 1. The van der Waals surface area contributed by atoms with Gasteiger partial charge in [0.1, 0.15) is 0 Å². The zero-order valence-electron chi connectivity index (χ0n) is 10.1. The van der Waals surface area contributed by atoms with Crippen molar-refractivity contribution in [2.24, 2.45) is 5.41 Å². The lowest BCUT2D eigenvalue weighted by molar-refractivity contribution is 0.314. The molecule has 1 aliphatic heterocycles. The van der Waals surface area contributed by atoms with Crippen molar-refractivity contribution in [3.05, 3.63) is 11.7 Å². The number of aryl methyl sites for hydroxylation is 1. The topological polar surface area (TPSA) is 51.0 Å². The molecular formula is C11H19N3OS. The molecule has 2 heterocycles. The maximum absolute atomic E-state index is 4.94. The molecule has 16 heavy (non-hydrogen) atoms. The molecule has 0 aromatic carbocycles. The van der Waals surface area contributed by atoms with E-state index in [4.69, 9.17) is 4.52 Å². The van der Waals surface area contributed by atoms with Crippen LogP contribution in [0.2, 0.25) is 0 Å². The van der Waals surface area contributed by atoms with E-state index in [0.29, 0.717) is 23.9 Å². The fourth-order valence-corrected chi connectivity index (χ4v) is 3.35. The molecule has 1 aromatic rings. The molecule has 5 heteroatoms. The van der Waals surface area contributed by atoms with Crippen molar-refractivity contribution in [3.8, 4) is 0 Å². The Hall–Kier alpha value is -0.550. The summed E-state index contributed by atoms with van der Waals surface area (Å²) in [5, 5.41) is 7.38. The largest absolute Gasteiger partial charge is 0.340 e. The molecule has 0 bridgehead atoms. The van der Waals surface area contributed by atoms with Crippen LogP contribution >= 0.6 is 11.8 Å². The minimum absolute atomic E-state index is 0.438. The van der Waals surface area contributed by atoms with Crippen LogP contribution in [-0.4, -0.2) is 27.7 Å². The second-order valence-electron chi connectivity index (χ2n) is 5.19. The molecule has 2 rings (SSSR count). The Morgan fingerprint density at radius 1 is 1.56 bits per heavy atom. The minimum Gasteiger partial charge on any atom is -0.340 e. The van der Waals surface area contributed by atoms with Crippen molar-refractivity contribution < 1.29 is 4.52 Å². The van der Waals surface area contributed by atoms with E-state index in [0.717, 1.165) is 5.82 Å². The Kier molecular flexibility index (Phi) is 3.54. The predicted molar refractivity (Wildman–Crippen MR) is 65.4 cm³/mol. The molecule has 4 nitrogen and oxygen atoms in total. The SMILES string of the molecule is Cc1nc(CNC2CSCC(C)(C)C2)no1. The Morgan fingerprint density at radius 2 is 2.38 bits per heavy atom. The Balaban J connectivity index is 1.82. The van der Waals surface area contributed by atoms with E-state index < -0.39 is 0 Å². The Morgan fingerprint density at radius 3 is 3.00 bits per heavy atom. The van der Waals surface area contributed by atoms with Gasteiger partial charge in [-0.25, -0.2) is 0 Å². The highest BCUT2D eigenvalue weighted by Gasteiger charge is 2.28. The summed E-state index contributed by atoms with van der Waals surface area (Å²) >= 11 is 2.02. The van der Waals surface area contributed by atoms with Crippen LogP contribution in [0.25, 0.3) is 0 Å². The molecule has 1 aliphatic rings. The van der Waals surface area contributed by atoms with Gasteiger partial charge in [0, 0.05) is 18.7 Å². The second-order valence-corrected chi connectivity index (χ2v) is 6.22. The number of hydrogen-bond donors (Lipinski definition) is 1. The molecule has 0 spiro atoms. The summed E-state index contributed by atoms with van der Waals surface area (Å²) < 4.78 is 4.94. The summed E-state index contributed by atoms with van der Waals surface area (Å²) in [4.78, 5) is 4.18. The average molecular weight is 241 g/mol. The maximum Gasteiger partial charge on any atom is 0.223 e. The fourth-order valence-electron chi connectivity index (χ4n) is 2.04. The number of nitrogens with zero attached hydrogens (tertiary/aromatic N) is 2.